The van der Waals surface area contributed by atoms with E-state index in [1.54, 1.807) is 0 Å². The van der Waals surface area contributed by atoms with Crippen LogP contribution in [0.1, 0.15) is 47.1 Å². The largest absolute Gasteiger partial charge is 0.454 e. The van der Waals surface area contributed by atoms with Gasteiger partial charge < -0.3 is 19.5 Å². The molecule has 0 fully saturated rings. The number of hydrogen-bond acceptors (Lipinski definition) is 6. The van der Waals surface area contributed by atoms with Gasteiger partial charge in [-0.1, -0.05) is 31.2 Å². The monoisotopic (exact) mass is 420 g/mol. The molecule has 0 saturated heterocycles. The van der Waals surface area contributed by atoms with Crippen molar-refractivity contribution in [1.82, 2.24) is 10.3 Å². The molecule has 7 nitrogen and oxygen atoms in total. The molecular weight excluding hydrogens is 396 g/mol. The van der Waals surface area contributed by atoms with E-state index in [1.165, 1.54) is 0 Å². The Morgan fingerprint density at radius 1 is 1.16 bits per heavy atom. The number of ether oxygens (including phenoxy) is 3. The third kappa shape index (κ3) is 4.17. The minimum atomic E-state index is -0.531. The van der Waals surface area contributed by atoms with Crippen molar-refractivity contribution < 1.29 is 23.8 Å². The zero-order valence-electron chi connectivity index (χ0n) is 17.7. The number of pyridine rings is 1. The summed E-state index contributed by atoms with van der Waals surface area (Å²) >= 11 is 0. The normalized spacial score (nSPS) is 13.1. The van der Waals surface area contributed by atoms with Crippen LogP contribution in [-0.4, -0.2) is 30.3 Å². The molecule has 3 aromatic rings. The van der Waals surface area contributed by atoms with Gasteiger partial charge in [-0.15, -0.1) is 0 Å². The van der Waals surface area contributed by atoms with Crippen molar-refractivity contribution in [3.8, 4) is 11.5 Å². The highest BCUT2D eigenvalue weighted by atomic mass is 16.7. The van der Waals surface area contributed by atoms with Crippen molar-refractivity contribution >= 4 is 22.8 Å². The number of aryl methyl sites for hydroxylation is 1. The summed E-state index contributed by atoms with van der Waals surface area (Å²) in [5, 5.41) is 3.56. The topological polar surface area (TPSA) is 86.8 Å². The molecule has 1 N–H and O–H groups in total. The molecule has 1 aliphatic heterocycles. The van der Waals surface area contributed by atoms with E-state index in [0.717, 1.165) is 27.7 Å². The molecule has 1 amide bonds. The number of nitrogens with zero attached hydrogens (tertiary/aromatic N) is 1. The van der Waals surface area contributed by atoms with Crippen molar-refractivity contribution in [2.75, 3.05) is 13.4 Å². The zero-order chi connectivity index (χ0) is 22.0. The first-order valence-electron chi connectivity index (χ1n) is 10.2. The molecule has 1 aliphatic rings. The van der Waals surface area contributed by atoms with Gasteiger partial charge in [0.25, 0.3) is 5.91 Å². The Kier molecular flexibility index (Phi) is 5.75. The van der Waals surface area contributed by atoms with E-state index in [9.17, 15) is 9.59 Å². The van der Waals surface area contributed by atoms with E-state index in [-0.39, 0.29) is 25.3 Å². The zero-order valence-corrected chi connectivity index (χ0v) is 17.7. The first kappa shape index (κ1) is 20.7. The molecule has 1 aromatic heterocycles. The quantitative estimate of drug-likeness (QED) is 0.609. The molecule has 2 aromatic carbocycles. The van der Waals surface area contributed by atoms with Crippen LogP contribution in [-0.2, 0) is 16.0 Å². The molecular formula is C24H24N2O5. The maximum absolute atomic E-state index is 12.9. The highest BCUT2D eigenvalue weighted by Crippen LogP contribution is 2.34. The summed E-state index contributed by atoms with van der Waals surface area (Å²) in [6.45, 7) is 5.52. The lowest BCUT2D eigenvalue weighted by atomic mass is 10.0. The first-order chi connectivity index (χ1) is 15.0. The fraction of sp³-hybridized carbons (Fsp3) is 0.292. The Balaban J connectivity index is 1.44. The van der Waals surface area contributed by atoms with E-state index in [0.29, 0.717) is 23.5 Å². The molecule has 0 aliphatic carbocycles. The maximum Gasteiger partial charge on any atom is 0.339 e. The number of carbonyl (C=O) groups is 2. The molecule has 0 unspecified atom stereocenters. The molecule has 2 heterocycles. The molecule has 7 heteroatoms. The lowest BCUT2D eigenvalue weighted by Gasteiger charge is -2.16. The Morgan fingerprint density at radius 2 is 1.94 bits per heavy atom. The summed E-state index contributed by atoms with van der Waals surface area (Å²) < 4.78 is 16.0. The van der Waals surface area contributed by atoms with Crippen molar-refractivity contribution in [2.45, 2.75) is 33.2 Å². The molecule has 0 spiro atoms. The molecule has 31 heavy (non-hydrogen) atoms. The second kappa shape index (κ2) is 8.63. The average molecular weight is 420 g/mol. The Labute approximate surface area is 180 Å². The van der Waals surface area contributed by atoms with Gasteiger partial charge in [-0.05, 0) is 49.6 Å². The fourth-order valence-electron chi connectivity index (χ4n) is 3.72. The number of aromatic nitrogens is 1. The standard InChI is InChI=1S/C24H24N2O5/c1-4-18-14(2)23(17-7-5-6-8-19(17)26-18)24(28)29-12-22(27)25-15(3)16-9-10-20-21(11-16)31-13-30-20/h5-11,15H,4,12-13H2,1-3H3,(H,25,27)/t15-/m1/s1. The van der Waals surface area contributed by atoms with Gasteiger partial charge >= 0.3 is 5.97 Å². The van der Waals surface area contributed by atoms with Crippen LogP contribution in [0.25, 0.3) is 10.9 Å². The summed E-state index contributed by atoms with van der Waals surface area (Å²) in [5.74, 6) is 0.418. The molecule has 0 radical (unpaired) electrons. The third-order valence-corrected chi connectivity index (χ3v) is 5.38. The number of benzene rings is 2. The van der Waals surface area contributed by atoms with Crippen LogP contribution < -0.4 is 14.8 Å². The van der Waals surface area contributed by atoms with Gasteiger partial charge in [0.1, 0.15) is 0 Å². The number of carbonyl (C=O) groups excluding carboxylic acids is 2. The van der Waals surface area contributed by atoms with E-state index in [2.05, 4.69) is 10.3 Å². The number of nitrogens with one attached hydrogen (secondary N) is 1. The van der Waals surface area contributed by atoms with Crippen LogP contribution in [0.4, 0.5) is 0 Å². The van der Waals surface area contributed by atoms with E-state index in [4.69, 9.17) is 14.2 Å². The average Bonchev–Trinajstić information content (AvgIpc) is 3.25. The Hall–Kier alpha value is -3.61. The number of para-hydroxylation sites is 1. The van der Waals surface area contributed by atoms with Crippen molar-refractivity contribution in [3.05, 3.63) is 64.8 Å². The van der Waals surface area contributed by atoms with Gasteiger partial charge in [-0.3, -0.25) is 9.78 Å². The van der Waals surface area contributed by atoms with Crippen LogP contribution in [0.5, 0.6) is 11.5 Å². The first-order valence-corrected chi connectivity index (χ1v) is 10.2. The molecule has 160 valence electrons. The van der Waals surface area contributed by atoms with Crippen LogP contribution >= 0.6 is 0 Å². The number of hydrogen-bond donors (Lipinski definition) is 1. The van der Waals surface area contributed by atoms with Crippen LogP contribution in [0.3, 0.4) is 0 Å². The minimum absolute atomic E-state index is 0.193. The Bertz CT molecular complexity index is 1160. The van der Waals surface area contributed by atoms with Gasteiger partial charge in [0.05, 0.1) is 17.1 Å². The summed E-state index contributed by atoms with van der Waals surface area (Å²) in [7, 11) is 0. The van der Waals surface area contributed by atoms with Gasteiger partial charge in [-0.2, -0.15) is 0 Å². The number of esters is 1. The predicted molar refractivity (Wildman–Crippen MR) is 115 cm³/mol. The van der Waals surface area contributed by atoms with Gasteiger partial charge in [-0.25, -0.2) is 4.79 Å². The molecule has 4 rings (SSSR count). The summed E-state index contributed by atoms with van der Waals surface area (Å²) in [4.78, 5) is 29.9. The van der Waals surface area contributed by atoms with Gasteiger partial charge in [0.15, 0.2) is 18.1 Å². The minimum Gasteiger partial charge on any atom is -0.454 e. The second-order valence-corrected chi connectivity index (χ2v) is 7.41. The SMILES string of the molecule is CCc1nc2ccccc2c(C(=O)OCC(=O)N[C@H](C)c2ccc3c(c2)OCO3)c1C. The highest BCUT2D eigenvalue weighted by molar-refractivity contribution is 6.05. The van der Waals surface area contributed by atoms with E-state index >= 15 is 0 Å². The molecule has 0 saturated carbocycles. The summed E-state index contributed by atoms with van der Waals surface area (Å²) in [5.41, 5.74) is 3.68. The van der Waals surface area contributed by atoms with Gasteiger partial charge in [0.2, 0.25) is 6.79 Å². The highest BCUT2D eigenvalue weighted by Gasteiger charge is 2.21. The lowest BCUT2D eigenvalue weighted by molar-refractivity contribution is -0.124. The van der Waals surface area contributed by atoms with E-state index < -0.39 is 5.97 Å². The van der Waals surface area contributed by atoms with Crippen LogP contribution in [0.15, 0.2) is 42.5 Å². The smallest absolute Gasteiger partial charge is 0.339 e. The van der Waals surface area contributed by atoms with Crippen molar-refractivity contribution in [2.24, 2.45) is 0 Å². The van der Waals surface area contributed by atoms with Gasteiger partial charge in [0, 0.05) is 11.1 Å². The van der Waals surface area contributed by atoms with Crippen molar-refractivity contribution in [3.63, 3.8) is 0 Å². The predicted octanol–water partition coefficient (Wildman–Crippen LogP) is 3.87. The summed E-state index contributed by atoms with van der Waals surface area (Å²) in [6.07, 6.45) is 0.699. The lowest BCUT2D eigenvalue weighted by Crippen LogP contribution is -2.31. The second-order valence-electron chi connectivity index (χ2n) is 7.41. The Morgan fingerprint density at radius 3 is 2.74 bits per heavy atom. The van der Waals surface area contributed by atoms with Crippen molar-refractivity contribution in [1.29, 1.82) is 0 Å². The number of rotatable bonds is 6. The fourth-order valence-corrected chi connectivity index (χ4v) is 3.72. The number of amides is 1. The van der Waals surface area contributed by atoms with Crippen LogP contribution in [0, 0.1) is 6.92 Å². The maximum atomic E-state index is 12.9. The molecule has 0 bridgehead atoms. The summed E-state index contributed by atoms with van der Waals surface area (Å²) in [6, 6.07) is 12.7. The number of fused-ring (bicyclic) bond motifs is 2. The third-order valence-electron chi connectivity index (χ3n) is 5.38. The van der Waals surface area contributed by atoms with Crippen LogP contribution in [0.2, 0.25) is 0 Å². The van der Waals surface area contributed by atoms with E-state index in [1.807, 2.05) is 63.2 Å². The molecule has 1 atom stereocenters.